The summed E-state index contributed by atoms with van der Waals surface area (Å²) in [7, 11) is 3.45. The predicted octanol–water partition coefficient (Wildman–Crippen LogP) is 3.13. The maximum atomic E-state index is 13.5. The first-order chi connectivity index (χ1) is 10.9. The van der Waals surface area contributed by atoms with E-state index in [1.54, 1.807) is 37.0 Å². The van der Waals surface area contributed by atoms with Gasteiger partial charge in [-0.05, 0) is 18.2 Å². The number of nitrogens with zero attached hydrogens (tertiary/aromatic N) is 2. The Morgan fingerprint density at radius 2 is 2.00 bits per heavy atom. The lowest BCUT2D eigenvalue weighted by atomic mass is 10.0. The molecule has 2 heterocycles. The number of rotatable bonds is 2. The third kappa shape index (κ3) is 2.57. The Kier molecular flexibility index (Phi) is 3.81. The minimum Gasteiger partial charge on any atom is -0.396 e. The van der Waals surface area contributed by atoms with Crippen molar-refractivity contribution in [3.05, 3.63) is 51.1 Å². The van der Waals surface area contributed by atoms with Gasteiger partial charge in [0.1, 0.15) is 11.6 Å². The molecule has 0 atom stereocenters. The van der Waals surface area contributed by atoms with Crippen LogP contribution in [-0.4, -0.2) is 16.6 Å². The summed E-state index contributed by atoms with van der Waals surface area (Å²) >= 11 is 3.29. The van der Waals surface area contributed by atoms with Gasteiger partial charge >= 0.3 is 0 Å². The van der Waals surface area contributed by atoms with Crippen LogP contribution in [0.15, 0.2) is 39.7 Å². The van der Waals surface area contributed by atoms with Crippen molar-refractivity contribution in [3.8, 4) is 11.1 Å². The van der Waals surface area contributed by atoms with Crippen LogP contribution in [0.25, 0.3) is 22.0 Å². The second-order valence-corrected chi connectivity index (χ2v) is 6.01. The summed E-state index contributed by atoms with van der Waals surface area (Å²) in [6, 6.07) is 6.25. The van der Waals surface area contributed by atoms with Crippen LogP contribution in [0.1, 0.15) is 0 Å². The number of nitrogens with one attached hydrogen (secondary N) is 1. The number of aryl methyl sites for hydroxylation is 1. The van der Waals surface area contributed by atoms with E-state index in [9.17, 15) is 9.18 Å². The highest BCUT2D eigenvalue weighted by molar-refractivity contribution is 9.10. The fourth-order valence-electron chi connectivity index (χ4n) is 2.47. The number of fused-ring (bicyclic) bond motifs is 1. The fourth-order valence-corrected chi connectivity index (χ4v) is 3.00. The molecule has 0 saturated heterocycles. The highest BCUT2D eigenvalue weighted by Gasteiger charge is 2.14. The van der Waals surface area contributed by atoms with Crippen molar-refractivity contribution in [3.63, 3.8) is 0 Å². The largest absolute Gasteiger partial charge is 0.396 e. The first-order valence-corrected chi connectivity index (χ1v) is 7.64. The second-order valence-electron chi connectivity index (χ2n) is 5.15. The number of nitrogens with two attached hydrogens (primary N) is 1. The van der Waals surface area contributed by atoms with Gasteiger partial charge in [-0.15, -0.1) is 0 Å². The molecule has 3 rings (SSSR count). The molecule has 3 N–H and O–H groups in total. The van der Waals surface area contributed by atoms with Crippen molar-refractivity contribution in [2.45, 2.75) is 0 Å². The van der Waals surface area contributed by atoms with Gasteiger partial charge in [0.15, 0.2) is 0 Å². The lowest BCUT2D eigenvalue weighted by molar-refractivity contribution is 0.632. The Hall–Kier alpha value is -2.41. The van der Waals surface area contributed by atoms with Gasteiger partial charge in [-0.25, -0.2) is 9.37 Å². The smallest absolute Gasteiger partial charge is 0.258 e. The van der Waals surface area contributed by atoms with Crippen LogP contribution < -0.4 is 16.6 Å². The first-order valence-electron chi connectivity index (χ1n) is 6.85. The number of hydrogen-bond acceptors (Lipinski definition) is 4. The van der Waals surface area contributed by atoms with Crippen molar-refractivity contribution in [2.75, 3.05) is 18.1 Å². The maximum Gasteiger partial charge on any atom is 0.258 e. The van der Waals surface area contributed by atoms with Gasteiger partial charge in [0, 0.05) is 47.3 Å². The van der Waals surface area contributed by atoms with Crippen LogP contribution in [0.4, 0.5) is 15.9 Å². The van der Waals surface area contributed by atoms with Gasteiger partial charge < -0.3 is 15.6 Å². The lowest BCUT2D eigenvalue weighted by Gasteiger charge is -2.12. The quantitative estimate of drug-likeness (QED) is 0.673. The Balaban J connectivity index is 2.34. The molecule has 5 nitrogen and oxygen atoms in total. The number of benzene rings is 1. The van der Waals surface area contributed by atoms with Gasteiger partial charge in [-0.2, -0.15) is 0 Å². The van der Waals surface area contributed by atoms with Crippen LogP contribution in [0, 0.1) is 5.82 Å². The molecule has 3 aromatic rings. The highest BCUT2D eigenvalue weighted by atomic mass is 79.9. The van der Waals surface area contributed by atoms with Gasteiger partial charge in [0.05, 0.1) is 11.2 Å². The molecule has 0 unspecified atom stereocenters. The predicted molar refractivity (Wildman–Crippen MR) is 94.0 cm³/mol. The summed E-state index contributed by atoms with van der Waals surface area (Å²) in [5, 5.41) is 3.74. The number of anilines is 2. The standard InChI is InChI=1S/C16H14BrFN4O/c1-20-15-6-14-8(7-21-15)3-10(16(23)22(14)2)9-4-13(19)12(18)5-11(9)17/h3-7H,19H2,1-2H3,(H,20,21). The molecular weight excluding hydrogens is 363 g/mol. The normalized spacial score (nSPS) is 11.0. The van der Waals surface area contributed by atoms with Gasteiger partial charge in [-0.1, -0.05) is 15.9 Å². The number of aromatic nitrogens is 2. The zero-order valence-electron chi connectivity index (χ0n) is 12.5. The number of pyridine rings is 2. The highest BCUT2D eigenvalue weighted by Crippen LogP contribution is 2.31. The molecule has 0 aliphatic rings. The zero-order chi connectivity index (χ0) is 16.7. The monoisotopic (exact) mass is 376 g/mol. The number of hydrogen-bond donors (Lipinski definition) is 2. The Morgan fingerprint density at radius 1 is 1.26 bits per heavy atom. The SMILES string of the molecule is CNc1cc2c(cn1)cc(-c1cc(N)c(F)cc1Br)c(=O)n2C. The molecule has 0 spiro atoms. The fraction of sp³-hybridized carbons (Fsp3) is 0.125. The second kappa shape index (κ2) is 5.66. The number of nitrogen functional groups attached to an aromatic ring is 1. The average Bonchev–Trinajstić information content (AvgIpc) is 2.54. The van der Waals surface area contributed by atoms with E-state index in [2.05, 4.69) is 26.2 Å². The zero-order valence-corrected chi connectivity index (χ0v) is 14.1. The molecule has 0 aliphatic heterocycles. The maximum absolute atomic E-state index is 13.5. The van der Waals surface area contributed by atoms with E-state index in [0.717, 1.165) is 10.9 Å². The van der Waals surface area contributed by atoms with Crippen LogP contribution in [0.2, 0.25) is 0 Å². The Labute approximate surface area is 140 Å². The molecule has 0 fully saturated rings. The molecule has 0 amide bonds. The number of halogens is 2. The van der Waals surface area contributed by atoms with Crippen molar-refractivity contribution in [2.24, 2.45) is 7.05 Å². The van der Waals surface area contributed by atoms with Gasteiger partial charge in [0.25, 0.3) is 5.56 Å². The van der Waals surface area contributed by atoms with Crippen molar-refractivity contribution < 1.29 is 4.39 Å². The average molecular weight is 377 g/mol. The summed E-state index contributed by atoms with van der Waals surface area (Å²) in [4.78, 5) is 17.0. The van der Waals surface area contributed by atoms with E-state index < -0.39 is 5.82 Å². The summed E-state index contributed by atoms with van der Waals surface area (Å²) in [6.07, 6.45) is 1.69. The summed E-state index contributed by atoms with van der Waals surface area (Å²) in [5.74, 6) is 0.144. The molecule has 118 valence electrons. The van der Waals surface area contributed by atoms with Gasteiger partial charge in [-0.3, -0.25) is 4.79 Å². The van der Waals surface area contributed by atoms with E-state index in [0.29, 0.717) is 21.4 Å². The molecule has 7 heteroatoms. The molecule has 0 aliphatic carbocycles. The van der Waals surface area contributed by atoms with Crippen LogP contribution in [0.5, 0.6) is 0 Å². The van der Waals surface area contributed by atoms with Crippen LogP contribution >= 0.6 is 15.9 Å². The van der Waals surface area contributed by atoms with E-state index in [1.165, 1.54) is 12.1 Å². The minimum absolute atomic E-state index is 0.00555. The van der Waals surface area contributed by atoms with E-state index in [-0.39, 0.29) is 11.2 Å². The van der Waals surface area contributed by atoms with Crippen molar-refractivity contribution in [1.29, 1.82) is 0 Å². The molecule has 23 heavy (non-hydrogen) atoms. The lowest BCUT2D eigenvalue weighted by Crippen LogP contribution is -2.19. The molecule has 0 radical (unpaired) electrons. The molecule has 0 saturated carbocycles. The Bertz CT molecular complexity index is 984. The topological polar surface area (TPSA) is 72.9 Å². The van der Waals surface area contributed by atoms with Crippen LogP contribution in [-0.2, 0) is 7.05 Å². The third-order valence-electron chi connectivity index (χ3n) is 3.74. The van der Waals surface area contributed by atoms with Crippen LogP contribution in [0.3, 0.4) is 0 Å². The summed E-state index contributed by atoms with van der Waals surface area (Å²) in [6.45, 7) is 0. The summed E-state index contributed by atoms with van der Waals surface area (Å²) in [5.41, 5.74) is 7.17. The molecular formula is C16H14BrFN4O. The van der Waals surface area contributed by atoms with E-state index in [1.807, 2.05) is 0 Å². The summed E-state index contributed by atoms with van der Waals surface area (Å²) < 4.78 is 15.5. The van der Waals surface area contributed by atoms with Gasteiger partial charge in [0.2, 0.25) is 0 Å². The van der Waals surface area contributed by atoms with Crippen molar-refractivity contribution in [1.82, 2.24) is 9.55 Å². The molecule has 1 aromatic carbocycles. The van der Waals surface area contributed by atoms with E-state index in [4.69, 9.17) is 5.73 Å². The minimum atomic E-state index is -0.529. The van der Waals surface area contributed by atoms with Crippen molar-refractivity contribution >= 4 is 38.3 Å². The molecule has 0 bridgehead atoms. The Morgan fingerprint density at radius 3 is 2.70 bits per heavy atom. The third-order valence-corrected chi connectivity index (χ3v) is 4.40. The molecule has 2 aromatic heterocycles. The first kappa shape index (κ1) is 15.5. The van der Waals surface area contributed by atoms with E-state index >= 15 is 0 Å².